The van der Waals surface area contributed by atoms with Crippen LogP contribution in [0, 0.1) is 17.8 Å². The lowest BCUT2D eigenvalue weighted by molar-refractivity contribution is -0.156. The number of ether oxygens (including phenoxy) is 2. The van der Waals surface area contributed by atoms with E-state index in [0.717, 1.165) is 12.8 Å². The van der Waals surface area contributed by atoms with Crippen molar-refractivity contribution in [2.24, 2.45) is 17.8 Å². The van der Waals surface area contributed by atoms with Gasteiger partial charge in [0, 0.05) is 13.1 Å². The van der Waals surface area contributed by atoms with Gasteiger partial charge in [-0.1, -0.05) is 51.5 Å². The SMILES string of the molecule is CCCCN1CC=C[C@]23O[C@H]4C=CCCOC(=O)[C@H]4[C@H]2C(=O)N([C@@H](CO)CC(C)C)C3C1=O. The maximum absolute atomic E-state index is 14.0. The fraction of sp³-hybridized carbons (Fsp3) is 0.720. The van der Waals surface area contributed by atoms with E-state index in [1.165, 1.54) is 4.90 Å². The molecule has 0 saturated carbocycles. The summed E-state index contributed by atoms with van der Waals surface area (Å²) in [7, 11) is 0. The van der Waals surface area contributed by atoms with Gasteiger partial charge in [-0.3, -0.25) is 14.4 Å². The largest absolute Gasteiger partial charge is 0.465 e. The van der Waals surface area contributed by atoms with Crippen molar-refractivity contribution in [2.75, 3.05) is 26.3 Å². The van der Waals surface area contributed by atoms with Crippen molar-refractivity contribution in [3.63, 3.8) is 0 Å². The lowest BCUT2D eigenvalue weighted by atomic mass is 9.77. The Hall–Kier alpha value is -2.19. The van der Waals surface area contributed by atoms with E-state index in [-0.39, 0.29) is 30.9 Å². The third-order valence-electron chi connectivity index (χ3n) is 7.27. The van der Waals surface area contributed by atoms with Crippen LogP contribution in [0.3, 0.4) is 0 Å². The first-order chi connectivity index (χ1) is 15.9. The molecular weight excluding hydrogens is 424 g/mol. The molecule has 4 aliphatic heterocycles. The minimum Gasteiger partial charge on any atom is -0.465 e. The van der Waals surface area contributed by atoms with Gasteiger partial charge in [-0.25, -0.2) is 0 Å². The van der Waals surface area contributed by atoms with Crippen LogP contribution < -0.4 is 0 Å². The molecule has 1 spiro atoms. The monoisotopic (exact) mass is 460 g/mol. The molecule has 2 fully saturated rings. The third-order valence-corrected chi connectivity index (χ3v) is 7.27. The van der Waals surface area contributed by atoms with E-state index in [0.29, 0.717) is 25.9 Å². The highest BCUT2D eigenvalue weighted by Gasteiger charge is 2.72. The highest BCUT2D eigenvalue weighted by molar-refractivity contribution is 5.99. The molecular formula is C25H36N2O6. The molecule has 8 heteroatoms. The van der Waals surface area contributed by atoms with Crippen LogP contribution in [0.4, 0.5) is 0 Å². The van der Waals surface area contributed by atoms with Crippen molar-refractivity contribution < 1.29 is 29.0 Å². The number of amides is 2. The number of hydrogen-bond acceptors (Lipinski definition) is 6. The maximum Gasteiger partial charge on any atom is 0.312 e. The highest BCUT2D eigenvalue weighted by atomic mass is 16.6. The number of hydrogen-bond donors (Lipinski definition) is 1. The van der Waals surface area contributed by atoms with Crippen molar-refractivity contribution in [2.45, 2.75) is 70.2 Å². The van der Waals surface area contributed by atoms with Crippen molar-refractivity contribution in [3.8, 4) is 0 Å². The van der Waals surface area contributed by atoms with E-state index >= 15 is 0 Å². The second-order valence-corrected chi connectivity index (χ2v) is 9.98. The Morgan fingerprint density at radius 2 is 2.00 bits per heavy atom. The normalized spacial score (nSPS) is 34.5. The quantitative estimate of drug-likeness (QED) is 0.459. The van der Waals surface area contributed by atoms with Gasteiger partial charge in [0.1, 0.15) is 17.6 Å². The lowest BCUT2D eigenvalue weighted by Gasteiger charge is -2.39. The minimum absolute atomic E-state index is 0.182. The Balaban J connectivity index is 1.82. The standard InChI is InChI=1S/C25H36N2O6/c1-4-5-11-26-12-8-10-25-20(19-18(33-25)9-6-7-13-32-24(19)31)22(29)27(21(25)23(26)30)17(15-28)14-16(2)3/h6,8-10,16-21,28H,4-5,7,11-15H2,1-3H3/t17-,18+,19-,20+,21?,25+/m1/s1. The van der Waals surface area contributed by atoms with Crippen LogP contribution in [0.1, 0.15) is 46.5 Å². The van der Waals surface area contributed by atoms with Gasteiger partial charge < -0.3 is 24.4 Å². The Morgan fingerprint density at radius 3 is 2.70 bits per heavy atom. The lowest BCUT2D eigenvalue weighted by Crippen LogP contribution is -2.58. The average Bonchev–Trinajstić information content (AvgIpc) is 3.15. The molecule has 0 radical (unpaired) electrons. The summed E-state index contributed by atoms with van der Waals surface area (Å²) >= 11 is 0. The summed E-state index contributed by atoms with van der Waals surface area (Å²) in [5, 5.41) is 10.3. The van der Waals surface area contributed by atoms with Gasteiger partial charge in [0.2, 0.25) is 11.8 Å². The molecule has 8 nitrogen and oxygen atoms in total. The van der Waals surface area contributed by atoms with Crippen LogP contribution in [0.25, 0.3) is 0 Å². The number of cyclic esters (lactones) is 1. The fourth-order valence-corrected chi connectivity index (χ4v) is 5.86. The molecule has 0 aliphatic carbocycles. The van der Waals surface area contributed by atoms with Gasteiger partial charge in [-0.15, -0.1) is 0 Å². The first-order valence-corrected chi connectivity index (χ1v) is 12.3. The summed E-state index contributed by atoms with van der Waals surface area (Å²) in [5.74, 6) is -2.43. The highest BCUT2D eigenvalue weighted by Crippen LogP contribution is 2.53. The molecule has 0 aromatic heterocycles. The first kappa shape index (κ1) is 24.0. The predicted octanol–water partition coefficient (Wildman–Crippen LogP) is 1.68. The summed E-state index contributed by atoms with van der Waals surface area (Å²) < 4.78 is 12.0. The second-order valence-electron chi connectivity index (χ2n) is 9.98. The smallest absolute Gasteiger partial charge is 0.312 e. The number of carbonyl (C=O) groups excluding carboxylic acids is 3. The van der Waals surface area contributed by atoms with E-state index in [2.05, 4.69) is 6.92 Å². The van der Waals surface area contributed by atoms with Gasteiger partial charge in [0.15, 0.2) is 0 Å². The number of fused-ring (bicyclic) bond motifs is 2. The number of nitrogens with zero attached hydrogens (tertiary/aromatic N) is 2. The first-order valence-electron chi connectivity index (χ1n) is 12.3. The molecule has 1 unspecified atom stereocenters. The van der Waals surface area contributed by atoms with Gasteiger partial charge >= 0.3 is 5.97 Å². The Labute approximate surface area is 195 Å². The summed E-state index contributed by atoms with van der Waals surface area (Å²) in [4.78, 5) is 44.3. The molecule has 4 rings (SSSR count). The van der Waals surface area contributed by atoms with Gasteiger partial charge in [0.05, 0.1) is 31.3 Å². The van der Waals surface area contributed by atoms with E-state index in [1.807, 2.05) is 38.2 Å². The van der Waals surface area contributed by atoms with E-state index in [1.54, 1.807) is 4.90 Å². The summed E-state index contributed by atoms with van der Waals surface area (Å²) in [5.41, 5.74) is -1.26. The topological polar surface area (TPSA) is 96.4 Å². The number of aliphatic hydroxyl groups is 1. The van der Waals surface area contributed by atoms with Crippen molar-refractivity contribution in [1.29, 1.82) is 0 Å². The Morgan fingerprint density at radius 1 is 1.21 bits per heavy atom. The maximum atomic E-state index is 14.0. The number of aliphatic hydroxyl groups excluding tert-OH is 1. The molecule has 182 valence electrons. The zero-order valence-electron chi connectivity index (χ0n) is 19.8. The molecule has 2 amide bonds. The third kappa shape index (κ3) is 4.01. The Bertz CT molecular complexity index is 839. The molecule has 4 aliphatic rings. The van der Waals surface area contributed by atoms with Crippen LogP contribution in [0.2, 0.25) is 0 Å². The molecule has 0 aromatic rings. The molecule has 33 heavy (non-hydrogen) atoms. The van der Waals surface area contributed by atoms with Crippen molar-refractivity contribution >= 4 is 17.8 Å². The molecule has 0 bridgehead atoms. The van der Waals surface area contributed by atoms with Gasteiger partial charge in [-0.05, 0) is 25.2 Å². The van der Waals surface area contributed by atoms with Crippen LogP contribution in [0.15, 0.2) is 24.3 Å². The predicted molar refractivity (Wildman–Crippen MR) is 121 cm³/mol. The van der Waals surface area contributed by atoms with Crippen LogP contribution in [-0.4, -0.2) is 82.8 Å². The average molecular weight is 461 g/mol. The summed E-state index contributed by atoms with van der Waals surface area (Å²) in [6, 6.07) is -1.45. The van der Waals surface area contributed by atoms with Crippen LogP contribution >= 0.6 is 0 Å². The Kier molecular flexibility index (Phi) is 6.96. The van der Waals surface area contributed by atoms with E-state index < -0.39 is 41.6 Å². The number of unbranched alkanes of at least 4 members (excludes halogenated alkanes) is 1. The van der Waals surface area contributed by atoms with Gasteiger partial charge in [-0.2, -0.15) is 0 Å². The van der Waals surface area contributed by atoms with Crippen molar-refractivity contribution in [3.05, 3.63) is 24.3 Å². The number of esters is 1. The van der Waals surface area contributed by atoms with Crippen molar-refractivity contribution in [1.82, 2.24) is 9.80 Å². The van der Waals surface area contributed by atoms with E-state index in [4.69, 9.17) is 9.47 Å². The summed E-state index contributed by atoms with van der Waals surface area (Å²) in [6.45, 7) is 7.12. The van der Waals surface area contributed by atoms with Gasteiger partial charge in [0.25, 0.3) is 0 Å². The fourth-order valence-electron chi connectivity index (χ4n) is 5.86. The minimum atomic E-state index is -1.26. The molecule has 4 heterocycles. The van der Waals surface area contributed by atoms with Crippen LogP contribution in [-0.2, 0) is 23.9 Å². The summed E-state index contributed by atoms with van der Waals surface area (Å²) in [6.07, 6.45) is 9.76. The second kappa shape index (κ2) is 9.58. The number of likely N-dealkylation sites (tertiary alicyclic amines) is 1. The molecule has 0 aromatic carbocycles. The molecule has 1 N–H and O–H groups in total. The van der Waals surface area contributed by atoms with E-state index in [9.17, 15) is 19.5 Å². The zero-order chi connectivity index (χ0) is 23.8. The molecule has 2 saturated heterocycles. The number of rotatable bonds is 7. The molecule has 6 atom stereocenters. The number of carbonyl (C=O) groups is 3. The van der Waals surface area contributed by atoms with Crippen LogP contribution in [0.5, 0.6) is 0 Å². The zero-order valence-corrected chi connectivity index (χ0v) is 19.8.